The predicted molar refractivity (Wildman–Crippen MR) is 121 cm³/mol. The first-order chi connectivity index (χ1) is 15.4. The Morgan fingerprint density at radius 2 is 1.91 bits per heavy atom. The van der Waals surface area contributed by atoms with Crippen LogP contribution in [0.5, 0.6) is 0 Å². The molecule has 0 saturated carbocycles. The first kappa shape index (κ1) is 22.9. The van der Waals surface area contributed by atoms with Crippen molar-refractivity contribution in [1.29, 1.82) is 0 Å². The normalized spacial score (nSPS) is 11.1. The maximum Gasteiger partial charge on any atom is 0.331 e. The SMILES string of the molecule is COC(=O)CCCn1c(C)cc(C(=O)COC(=O)/C=C/c2cccc3cccnc23)c1C. The van der Waals surface area contributed by atoms with E-state index in [-0.39, 0.29) is 18.4 Å². The standard InChI is InChI=1S/C25H26N2O5/c1-17-15-21(18(2)27(17)14-6-10-23(29)31-3)22(28)16-32-24(30)12-11-20-8-4-7-19-9-5-13-26-25(19)20/h4-5,7-9,11-13,15H,6,10,14,16H2,1-3H3/b12-11+. The summed E-state index contributed by atoms with van der Waals surface area (Å²) in [6.07, 6.45) is 5.55. The molecule has 0 N–H and O–H groups in total. The van der Waals surface area contributed by atoms with Crippen LogP contribution >= 0.6 is 0 Å². The molecule has 0 aliphatic heterocycles. The van der Waals surface area contributed by atoms with Crippen molar-refractivity contribution in [3.8, 4) is 0 Å². The summed E-state index contributed by atoms with van der Waals surface area (Å²) in [6.45, 7) is 3.99. The summed E-state index contributed by atoms with van der Waals surface area (Å²) < 4.78 is 11.8. The molecule has 32 heavy (non-hydrogen) atoms. The van der Waals surface area contributed by atoms with Crippen LogP contribution in [0.3, 0.4) is 0 Å². The van der Waals surface area contributed by atoms with Gasteiger partial charge in [-0.25, -0.2) is 4.79 Å². The van der Waals surface area contributed by atoms with Crippen molar-refractivity contribution >= 4 is 34.7 Å². The Bertz CT molecular complexity index is 1170. The van der Waals surface area contributed by atoms with E-state index in [1.165, 1.54) is 13.2 Å². The number of pyridine rings is 1. The Labute approximate surface area is 186 Å². The Kier molecular flexibility index (Phi) is 7.54. The van der Waals surface area contributed by atoms with E-state index < -0.39 is 5.97 Å². The maximum atomic E-state index is 12.6. The molecule has 166 valence electrons. The lowest BCUT2D eigenvalue weighted by atomic mass is 10.1. The number of hydrogen-bond donors (Lipinski definition) is 0. The van der Waals surface area contributed by atoms with Crippen LogP contribution in [0.25, 0.3) is 17.0 Å². The van der Waals surface area contributed by atoms with Crippen molar-refractivity contribution in [2.45, 2.75) is 33.2 Å². The Morgan fingerprint density at radius 3 is 2.69 bits per heavy atom. The number of rotatable bonds is 9. The van der Waals surface area contributed by atoms with Gasteiger partial charge in [-0.05, 0) is 38.5 Å². The van der Waals surface area contributed by atoms with Gasteiger partial charge in [-0.1, -0.05) is 24.3 Å². The lowest BCUT2D eigenvalue weighted by molar-refractivity contribution is -0.140. The molecule has 7 nitrogen and oxygen atoms in total. The summed E-state index contributed by atoms with van der Waals surface area (Å²) in [5, 5.41) is 0.972. The molecule has 0 aliphatic rings. The smallest absolute Gasteiger partial charge is 0.331 e. The van der Waals surface area contributed by atoms with Gasteiger partial charge in [-0.2, -0.15) is 0 Å². The molecule has 3 aromatic rings. The molecule has 0 aliphatic carbocycles. The van der Waals surface area contributed by atoms with Gasteiger partial charge in [-0.15, -0.1) is 0 Å². The zero-order valence-electron chi connectivity index (χ0n) is 18.5. The molecule has 7 heteroatoms. The van der Waals surface area contributed by atoms with Gasteiger partial charge < -0.3 is 14.0 Å². The number of nitrogens with zero attached hydrogens (tertiary/aromatic N) is 2. The number of ketones is 1. The first-order valence-electron chi connectivity index (χ1n) is 10.4. The highest BCUT2D eigenvalue weighted by molar-refractivity contribution is 6.00. The number of carbonyl (C=O) groups excluding carboxylic acids is 3. The summed E-state index contributed by atoms with van der Waals surface area (Å²) in [7, 11) is 1.36. The lowest BCUT2D eigenvalue weighted by Gasteiger charge is -2.09. The van der Waals surface area contributed by atoms with Gasteiger partial charge in [0.2, 0.25) is 5.78 Å². The minimum Gasteiger partial charge on any atom is -0.469 e. The number of hydrogen-bond acceptors (Lipinski definition) is 6. The van der Waals surface area contributed by atoms with Crippen LogP contribution in [0.2, 0.25) is 0 Å². The number of fused-ring (bicyclic) bond motifs is 1. The van der Waals surface area contributed by atoms with Crippen LogP contribution in [0.15, 0.2) is 48.7 Å². The highest BCUT2D eigenvalue weighted by Crippen LogP contribution is 2.18. The van der Waals surface area contributed by atoms with Gasteiger partial charge in [0.05, 0.1) is 12.6 Å². The van der Waals surface area contributed by atoms with E-state index in [1.807, 2.05) is 48.7 Å². The molecule has 2 heterocycles. The monoisotopic (exact) mass is 434 g/mol. The topological polar surface area (TPSA) is 87.5 Å². The lowest BCUT2D eigenvalue weighted by Crippen LogP contribution is -2.14. The summed E-state index contributed by atoms with van der Waals surface area (Å²) in [4.78, 5) is 40.4. The van der Waals surface area contributed by atoms with Crippen molar-refractivity contribution < 1.29 is 23.9 Å². The average Bonchev–Trinajstić information content (AvgIpc) is 3.09. The number of para-hydroxylation sites is 1. The van der Waals surface area contributed by atoms with Gasteiger partial charge in [0.1, 0.15) is 0 Å². The largest absolute Gasteiger partial charge is 0.469 e. The fourth-order valence-electron chi connectivity index (χ4n) is 3.59. The quantitative estimate of drug-likeness (QED) is 0.287. The third kappa shape index (κ3) is 5.49. The van der Waals surface area contributed by atoms with Gasteiger partial charge in [0.15, 0.2) is 6.61 Å². The van der Waals surface area contributed by atoms with E-state index in [1.54, 1.807) is 18.3 Å². The molecule has 0 saturated heterocycles. The van der Waals surface area contributed by atoms with E-state index in [4.69, 9.17) is 4.74 Å². The van der Waals surface area contributed by atoms with Crippen molar-refractivity contribution in [3.63, 3.8) is 0 Å². The second-order valence-corrected chi connectivity index (χ2v) is 7.40. The molecule has 3 rings (SSSR count). The summed E-state index contributed by atoms with van der Waals surface area (Å²) in [6, 6.07) is 11.3. The third-order valence-corrected chi connectivity index (χ3v) is 5.27. The number of benzene rings is 1. The highest BCUT2D eigenvalue weighted by atomic mass is 16.5. The van der Waals surface area contributed by atoms with E-state index in [0.29, 0.717) is 24.9 Å². The van der Waals surface area contributed by atoms with E-state index in [2.05, 4.69) is 9.72 Å². The number of methoxy groups -OCH3 is 1. The zero-order chi connectivity index (χ0) is 23.1. The fourth-order valence-corrected chi connectivity index (χ4v) is 3.59. The fraction of sp³-hybridized carbons (Fsp3) is 0.280. The number of ether oxygens (including phenoxy) is 2. The summed E-state index contributed by atoms with van der Waals surface area (Å²) in [5.41, 5.74) is 3.78. The van der Waals surface area contributed by atoms with Crippen molar-refractivity contribution in [2.75, 3.05) is 13.7 Å². The Morgan fingerprint density at radius 1 is 1.12 bits per heavy atom. The average molecular weight is 434 g/mol. The third-order valence-electron chi connectivity index (χ3n) is 5.27. The molecule has 0 radical (unpaired) electrons. The van der Waals surface area contributed by atoms with Crippen molar-refractivity contribution in [2.24, 2.45) is 0 Å². The van der Waals surface area contributed by atoms with E-state index >= 15 is 0 Å². The molecule has 0 spiro atoms. The van der Waals surface area contributed by atoms with Crippen LogP contribution in [-0.2, 0) is 25.6 Å². The zero-order valence-corrected chi connectivity index (χ0v) is 18.5. The molecule has 0 fully saturated rings. The molecule has 1 aromatic carbocycles. The minimum absolute atomic E-state index is 0.261. The molecule has 2 aromatic heterocycles. The van der Waals surface area contributed by atoms with Gasteiger partial charge in [0.25, 0.3) is 0 Å². The second kappa shape index (κ2) is 10.5. The second-order valence-electron chi connectivity index (χ2n) is 7.40. The number of Topliss-reactive ketones (excluding diaryl/α,β-unsaturated/α-hetero) is 1. The summed E-state index contributed by atoms with van der Waals surface area (Å²) in [5.74, 6) is -1.13. The molecule has 0 unspecified atom stereocenters. The predicted octanol–water partition coefficient (Wildman–Crippen LogP) is 4.05. The van der Waals surface area contributed by atoms with Crippen LogP contribution in [-0.4, -0.2) is 41.0 Å². The number of esters is 2. The van der Waals surface area contributed by atoms with Gasteiger partial charge >= 0.3 is 11.9 Å². The molecule has 0 atom stereocenters. The highest BCUT2D eigenvalue weighted by Gasteiger charge is 2.17. The molecular formula is C25H26N2O5. The first-order valence-corrected chi connectivity index (χ1v) is 10.4. The van der Waals surface area contributed by atoms with E-state index in [9.17, 15) is 14.4 Å². The molecule has 0 bridgehead atoms. The van der Waals surface area contributed by atoms with Crippen molar-refractivity contribution in [3.05, 3.63) is 71.2 Å². The Hall–Kier alpha value is -3.74. The summed E-state index contributed by atoms with van der Waals surface area (Å²) >= 11 is 0. The minimum atomic E-state index is -0.599. The van der Waals surface area contributed by atoms with Gasteiger partial charge in [0, 0.05) is 53.1 Å². The molecule has 0 amide bonds. The molecular weight excluding hydrogens is 408 g/mol. The van der Waals surface area contributed by atoms with Crippen LogP contribution < -0.4 is 0 Å². The van der Waals surface area contributed by atoms with Crippen LogP contribution in [0.4, 0.5) is 0 Å². The maximum absolute atomic E-state index is 12.6. The number of carbonyl (C=O) groups is 3. The van der Waals surface area contributed by atoms with E-state index in [0.717, 1.165) is 27.9 Å². The van der Waals surface area contributed by atoms with Crippen LogP contribution in [0, 0.1) is 13.8 Å². The number of aromatic nitrogens is 2. The van der Waals surface area contributed by atoms with Gasteiger partial charge in [-0.3, -0.25) is 14.6 Å². The Balaban J connectivity index is 1.59. The van der Waals surface area contributed by atoms with Crippen LogP contribution in [0.1, 0.15) is 40.2 Å². The number of aryl methyl sites for hydroxylation is 1. The van der Waals surface area contributed by atoms with Crippen molar-refractivity contribution in [1.82, 2.24) is 9.55 Å².